The number of aryl methyl sites for hydroxylation is 4. The summed E-state index contributed by atoms with van der Waals surface area (Å²) in [7, 11) is 4.35. The van der Waals surface area contributed by atoms with Crippen LogP contribution >= 0.6 is 22.7 Å². The van der Waals surface area contributed by atoms with Crippen molar-refractivity contribution in [3.63, 3.8) is 0 Å². The smallest absolute Gasteiger partial charge is 0.225 e. The molecule has 8 rings (SSSR count). The van der Waals surface area contributed by atoms with Crippen molar-refractivity contribution in [1.29, 1.82) is 0 Å². The average molecular weight is 607 g/mol. The first-order valence-corrected chi connectivity index (χ1v) is 17.4. The van der Waals surface area contributed by atoms with Crippen molar-refractivity contribution in [1.82, 2.24) is 24.8 Å². The molecule has 4 heterocycles. The molecule has 0 spiro atoms. The van der Waals surface area contributed by atoms with E-state index in [1.807, 2.05) is 22.7 Å². The average Bonchev–Trinajstić information content (AvgIpc) is 3.77. The minimum Gasteiger partial charge on any atom is -0.474 e. The zero-order valence-corrected chi connectivity index (χ0v) is 26.4. The van der Waals surface area contributed by atoms with Crippen LogP contribution in [0.25, 0.3) is 20.4 Å². The fraction of sp³-hybridized carbons (Fsp3) is 0.625. The number of hydrogen-bond acceptors (Lipinski definition) is 10. The van der Waals surface area contributed by atoms with Crippen LogP contribution in [-0.4, -0.2) is 63.2 Å². The molecule has 4 aliphatic rings. The van der Waals surface area contributed by atoms with Gasteiger partial charge in [-0.2, -0.15) is 0 Å². The summed E-state index contributed by atoms with van der Waals surface area (Å²) in [6.07, 6.45) is 20.0. The van der Waals surface area contributed by atoms with Crippen LogP contribution in [0.3, 0.4) is 0 Å². The molecular formula is C32H42N6O2S2. The monoisotopic (exact) mass is 606 g/mol. The molecule has 8 nitrogen and oxygen atoms in total. The summed E-state index contributed by atoms with van der Waals surface area (Å²) in [5, 5.41) is 2.38. The highest BCUT2D eigenvalue weighted by Gasteiger charge is 2.28. The molecule has 4 aliphatic carbocycles. The van der Waals surface area contributed by atoms with Gasteiger partial charge in [-0.3, -0.25) is 0 Å². The van der Waals surface area contributed by atoms with Gasteiger partial charge in [0.2, 0.25) is 11.8 Å². The van der Waals surface area contributed by atoms with Gasteiger partial charge in [0.1, 0.15) is 34.5 Å². The van der Waals surface area contributed by atoms with Gasteiger partial charge in [-0.15, -0.1) is 22.7 Å². The van der Waals surface area contributed by atoms with Crippen LogP contribution in [0.2, 0.25) is 0 Å². The van der Waals surface area contributed by atoms with Gasteiger partial charge in [0.25, 0.3) is 0 Å². The lowest BCUT2D eigenvalue weighted by atomic mass is 9.92. The van der Waals surface area contributed by atoms with E-state index in [0.29, 0.717) is 18.2 Å². The molecule has 0 radical (unpaired) electrons. The van der Waals surface area contributed by atoms with Crippen molar-refractivity contribution in [2.45, 2.75) is 114 Å². The predicted octanol–water partition coefficient (Wildman–Crippen LogP) is 6.26. The maximum atomic E-state index is 6.32. The number of hydrogen-bond donors (Lipinski definition) is 1. The minimum atomic E-state index is 0.268. The third-order valence-electron chi connectivity index (χ3n) is 9.58. The first-order valence-electron chi connectivity index (χ1n) is 15.8. The molecule has 0 atom stereocenters. The Labute approximate surface area is 256 Å². The molecule has 0 amide bonds. The minimum absolute atomic E-state index is 0.268. The SMILES string of the molecule is CN(C)C1CCC(Oc2ncnc3sc4c(c23)CCC4)CC1.NC1CCC(Oc2ncnc3sc4c(c23)CCC4)CC1. The van der Waals surface area contributed by atoms with Crippen molar-refractivity contribution in [3.8, 4) is 11.8 Å². The maximum Gasteiger partial charge on any atom is 0.225 e. The van der Waals surface area contributed by atoms with Gasteiger partial charge in [-0.1, -0.05) is 0 Å². The Kier molecular flexibility index (Phi) is 8.31. The van der Waals surface area contributed by atoms with Crippen molar-refractivity contribution in [2.24, 2.45) is 5.73 Å². The summed E-state index contributed by atoms with van der Waals surface area (Å²) in [6, 6.07) is 1.06. The van der Waals surface area contributed by atoms with E-state index in [0.717, 1.165) is 72.8 Å². The fourth-order valence-electron chi connectivity index (χ4n) is 7.18. The second-order valence-corrected chi connectivity index (χ2v) is 14.8. The number of nitrogens with two attached hydrogens (primary N) is 1. The van der Waals surface area contributed by atoms with Gasteiger partial charge < -0.3 is 20.1 Å². The first kappa shape index (κ1) is 28.4. The van der Waals surface area contributed by atoms with E-state index >= 15 is 0 Å². The van der Waals surface area contributed by atoms with Crippen LogP contribution in [0.1, 0.15) is 85.1 Å². The van der Waals surface area contributed by atoms with Crippen molar-refractivity contribution < 1.29 is 9.47 Å². The van der Waals surface area contributed by atoms with Crippen LogP contribution in [-0.2, 0) is 25.7 Å². The molecule has 0 aliphatic heterocycles. The zero-order valence-electron chi connectivity index (χ0n) is 24.8. The highest BCUT2D eigenvalue weighted by Crippen LogP contribution is 2.42. The van der Waals surface area contributed by atoms with Gasteiger partial charge in [-0.25, -0.2) is 19.9 Å². The van der Waals surface area contributed by atoms with Gasteiger partial charge in [0.05, 0.1) is 10.8 Å². The number of ether oxygens (including phenoxy) is 2. The highest BCUT2D eigenvalue weighted by molar-refractivity contribution is 7.19. The van der Waals surface area contributed by atoms with Gasteiger partial charge in [0.15, 0.2) is 0 Å². The Morgan fingerprint density at radius 3 is 1.62 bits per heavy atom. The molecule has 42 heavy (non-hydrogen) atoms. The normalized spacial score (nSPS) is 25.3. The van der Waals surface area contributed by atoms with Crippen LogP contribution < -0.4 is 15.2 Å². The number of rotatable bonds is 5. The van der Waals surface area contributed by atoms with Crippen molar-refractivity contribution in [3.05, 3.63) is 33.5 Å². The molecule has 4 aromatic heterocycles. The van der Waals surface area contributed by atoms with Gasteiger partial charge in [-0.05, 0) is 115 Å². The Hall–Kier alpha value is -2.40. The zero-order chi connectivity index (χ0) is 28.6. The molecule has 0 unspecified atom stereocenters. The quantitative estimate of drug-likeness (QED) is 0.284. The first-order chi connectivity index (χ1) is 20.5. The summed E-state index contributed by atoms with van der Waals surface area (Å²) in [5.74, 6) is 1.63. The Bertz CT molecular complexity index is 1540. The lowest BCUT2D eigenvalue weighted by molar-refractivity contribution is 0.108. The van der Waals surface area contributed by atoms with E-state index < -0.39 is 0 Å². The van der Waals surface area contributed by atoms with Gasteiger partial charge in [0, 0.05) is 21.8 Å². The van der Waals surface area contributed by atoms with E-state index in [4.69, 9.17) is 15.2 Å². The third-order valence-corrected chi connectivity index (χ3v) is 12.0. The molecule has 2 fully saturated rings. The van der Waals surface area contributed by atoms with Crippen molar-refractivity contribution in [2.75, 3.05) is 14.1 Å². The molecule has 2 saturated carbocycles. The lowest BCUT2D eigenvalue weighted by Gasteiger charge is -2.32. The number of thiophene rings is 2. The van der Waals surface area contributed by atoms with Crippen LogP contribution in [0.15, 0.2) is 12.7 Å². The molecule has 0 saturated heterocycles. The molecule has 0 aromatic carbocycles. The second-order valence-electron chi connectivity index (χ2n) is 12.6. The largest absolute Gasteiger partial charge is 0.474 e. The summed E-state index contributed by atoms with van der Waals surface area (Å²) < 4.78 is 12.5. The number of aromatic nitrogens is 4. The standard InChI is InChI=1S/C17H23N3OS.C15H19N3OS/c1-20(2)11-6-8-12(9-7-11)21-16-15-13-4-3-5-14(13)22-17(15)19-10-18-16;16-9-4-6-10(7-5-9)19-14-13-11-2-1-3-12(11)20-15(13)18-8-17-14/h10-12H,3-9H2,1-2H3;8-10H,1-7,16H2. The van der Waals surface area contributed by atoms with Crippen LogP contribution in [0.4, 0.5) is 0 Å². The number of nitrogens with zero attached hydrogens (tertiary/aromatic N) is 5. The summed E-state index contributed by atoms with van der Waals surface area (Å²) in [4.78, 5) is 25.3. The topological polar surface area (TPSA) is 99.3 Å². The van der Waals surface area contributed by atoms with E-state index in [9.17, 15) is 0 Å². The van der Waals surface area contributed by atoms with Gasteiger partial charge >= 0.3 is 0 Å². The lowest BCUT2D eigenvalue weighted by Crippen LogP contribution is -2.35. The molecular weight excluding hydrogens is 565 g/mol. The molecule has 4 aromatic rings. The Morgan fingerprint density at radius 1 is 0.667 bits per heavy atom. The van der Waals surface area contributed by atoms with Crippen molar-refractivity contribution >= 4 is 43.1 Å². The maximum absolute atomic E-state index is 6.32. The molecule has 10 heteroatoms. The Balaban J connectivity index is 0.000000138. The third kappa shape index (κ3) is 5.75. The molecule has 0 bridgehead atoms. The van der Waals surface area contributed by atoms with E-state index in [2.05, 4.69) is 38.9 Å². The summed E-state index contributed by atoms with van der Waals surface area (Å²) in [6.45, 7) is 0. The fourth-order valence-corrected chi connectivity index (χ4v) is 9.62. The number of fused-ring (bicyclic) bond motifs is 6. The Morgan fingerprint density at radius 2 is 1.14 bits per heavy atom. The van der Waals surface area contributed by atoms with Crippen LogP contribution in [0.5, 0.6) is 11.8 Å². The summed E-state index contributed by atoms with van der Waals surface area (Å²) >= 11 is 3.64. The second kappa shape index (κ2) is 12.3. The molecule has 224 valence electrons. The van der Waals surface area contributed by atoms with Crippen LogP contribution in [0, 0.1) is 0 Å². The van der Waals surface area contributed by atoms with E-state index in [1.165, 1.54) is 70.2 Å². The van der Waals surface area contributed by atoms with E-state index in [1.54, 1.807) is 12.7 Å². The predicted molar refractivity (Wildman–Crippen MR) is 170 cm³/mol. The summed E-state index contributed by atoms with van der Waals surface area (Å²) in [5.41, 5.74) is 8.85. The molecule has 2 N–H and O–H groups in total. The van der Waals surface area contributed by atoms with E-state index in [-0.39, 0.29) is 6.10 Å². The highest BCUT2D eigenvalue weighted by atomic mass is 32.1.